The smallest absolute Gasteiger partial charge is 0.415 e. The molecule has 17 heavy (non-hydrogen) atoms. The quantitative estimate of drug-likeness (QED) is 0.633. The van der Waals surface area contributed by atoms with Gasteiger partial charge in [0, 0.05) is 12.6 Å². The van der Waals surface area contributed by atoms with Crippen LogP contribution in [0.2, 0.25) is 0 Å². The van der Waals surface area contributed by atoms with Crippen molar-refractivity contribution in [3.63, 3.8) is 0 Å². The Morgan fingerprint density at radius 1 is 1.41 bits per heavy atom. The molecule has 0 aliphatic carbocycles. The van der Waals surface area contributed by atoms with Crippen LogP contribution in [-0.4, -0.2) is 58.2 Å². The van der Waals surface area contributed by atoms with E-state index in [1.165, 1.54) is 0 Å². The third-order valence-corrected chi connectivity index (χ3v) is 3.45. The summed E-state index contributed by atoms with van der Waals surface area (Å²) in [5.74, 6) is 0. The maximum Gasteiger partial charge on any atom is 0.415 e. The molecule has 0 unspecified atom stereocenters. The van der Waals surface area contributed by atoms with Gasteiger partial charge in [0.1, 0.15) is 0 Å². The summed E-state index contributed by atoms with van der Waals surface area (Å²) in [7, 11) is 0. The molecule has 2 aliphatic rings. The molecule has 4 atom stereocenters. The van der Waals surface area contributed by atoms with Crippen molar-refractivity contribution in [2.75, 3.05) is 6.54 Å². The average Bonchev–Trinajstić information content (AvgIpc) is 2.52. The predicted octanol–water partition coefficient (Wildman–Crippen LogP) is 0.392. The highest BCUT2D eigenvalue weighted by atomic mass is 19.4. The van der Waals surface area contributed by atoms with Gasteiger partial charge in [0.25, 0.3) is 0 Å². The zero-order chi connectivity index (χ0) is 12.8. The number of halogens is 3. The second-order valence-corrected chi connectivity index (χ2v) is 4.41. The zero-order valence-electron chi connectivity index (χ0n) is 8.81. The molecule has 2 saturated heterocycles. The summed E-state index contributed by atoms with van der Waals surface area (Å²) in [5, 5.41) is 20.8. The third-order valence-electron chi connectivity index (χ3n) is 3.45. The van der Waals surface area contributed by atoms with Gasteiger partial charge in [0.2, 0.25) is 0 Å². The number of fused-ring (bicyclic) bond motifs is 2. The number of amides is 1. The lowest BCUT2D eigenvalue weighted by atomic mass is 9.99. The van der Waals surface area contributed by atoms with E-state index in [1.54, 1.807) is 0 Å². The lowest BCUT2D eigenvalue weighted by Gasteiger charge is -2.41. The van der Waals surface area contributed by atoms with Gasteiger partial charge in [-0.2, -0.15) is 13.2 Å². The van der Waals surface area contributed by atoms with Crippen molar-refractivity contribution in [1.29, 1.82) is 0 Å². The number of nitrogens with one attached hydrogen (secondary N) is 1. The average molecular weight is 254 g/mol. The van der Waals surface area contributed by atoms with Gasteiger partial charge >= 0.3 is 12.3 Å². The predicted molar refractivity (Wildman–Crippen MR) is 50.5 cm³/mol. The van der Waals surface area contributed by atoms with Crippen LogP contribution in [0.1, 0.15) is 12.8 Å². The number of carbonyl (C=O) groups is 1. The number of nitrogens with zero attached hydrogens (tertiary/aromatic N) is 1. The van der Waals surface area contributed by atoms with Gasteiger partial charge in [-0.25, -0.2) is 4.79 Å². The number of hydrogen-bond donors (Lipinski definition) is 3. The highest BCUT2D eigenvalue weighted by molar-refractivity contribution is 5.67. The van der Waals surface area contributed by atoms with Gasteiger partial charge in [-0.1, -0.05) is 0 Å². The molecule has 2 bridgehead atoms. The number of hydrogen-bond acceptors (Lipinski definition) is 3. The van der Waals surface area contributed by atoms with Gasteiger partial charge in [0.15, 0.2) is 6.10 Å². The molecule has 2 fully saturated rings. The molecule has 2 heterocycles. The molecule has 5 nitrogen and oxygen atoms in total. The Labute approximate surface area is 95.2 Å². The first-order valence-electron chi connectivity index (χ1n) is 5.32. The molecule has 2 rings (SSSR count). The molecule has 0 saturated carbocycles. The van der Waals surface area contributed by atoms with Gasteiger partial charge in [0.05, 0.1) is 12.1 Å². The fraction of sp³-hybridized carbons (Fsp3) is 0.889. The summed E-state index contributed by atoms with van der Waals surface area (Å²) in [4.78, 5) is 12.0. The van der Waals surface area contributed by atoms with E-state index >= 15 is 0 Å². The number of rotatable bonds is 1. The molecule has 3 N–H and O–H groups in total. The molecule has 0 aromatic carbocycles. The summed E-state index contributed by atoms with van der Waals surface area (Å²) in [6.07, 6.45) is -7.61. The molecule has 1 amide bonds. The van der Waals surface area contributed by atoms with Crippen LogP contribution in [0.15, 0.2) is 0 Å². The van der Waals surface area contributed by atoms with Crippen LogP contribution in [-0.2, 0) is 0 Å². The SMILES string of the molecule is O=C(O)N1[C@H]2CC[C@@H]1[C@@H]([C@@H](O)C(F)(F)F)NC2. The second kappa shape index (κ2) is 4.02. The number of piperazine rings is 1. The van der Waals surface area contributed by atoms with Crippen molar-refractivity contribution in [2.45, 2.75) is 43.2 Å². The minimum atomic E-state index is -4.74. The second-order valence-electron chi connectivity index (χ2n) is 4.41. The van der Waals surface area contributed by atoms with Crippen LogP contribution < -0.4 is 5.32 Å². The van der Waals surface area contributed by atoms with E-state index in [9.17, 15) is 23.1 Å². The minimum absolute atomic E-state index is 0.153. The van der Waals surface area contributed by atoms with Crippen molar-refractivity contribution in [1.82, 2.24) is 10.2 Å². The van der Waals surface area contributed by atoms with Crippen molar-refractivity contribution in [3.05, 3.63) is 0 Å². The van der Waals surface area contributed by atoms with Crippen LogP contribution in [0.3, 0.4) is 0 Å². The molecule has 2 aliphatic heterocycles. The first-order valence-corrected chi connectivity index (χ1v) is 5.32. The largest absolute Gasteiger partial charge is 0.465 e. The summed E-state index contributed by atoms with van der Waals surface area (Å²) >= 11 is 0. The Hall–Kier alpha value is -1.02. The standard InChI is InChI=1S/C9H13F3N2O3/c10-9(11,12)7(15)6-5-2-1-4(3-13-6)14(5)8(16)17/h4-7,13,15H,1-3H2,(H,16,17)/t4-,5+,6-,7+/m0/s1. The number of aliphatic hydroxyl groups excluding tert-OH is 1. The maximum atomic E-state index is 12.4. The van der Waals surface area contributed by atoms with E-state index in [2.05, 4.69) is 5.32 Å². The van der Waals surface area contributed by atoms with Crippen molar-refractivity contribution in [2.24, 2.45) is 0 Å². The summed E-state index contributed by atoms with van der Waals surface area (Å²) in [5.41, 5.74) is 0. The fourth-order valence-electron chi connectivity index (χ4n) is 2.70. The lowest BCUT2D eigenvalue weighted by Crippen LogP contribution is -2.65. The van der Waals surface area contributed by atoms with Crippen LogP contribution in [0.5, 0.6) is 0 Å². The monoisotopic (exact) mass is 254 g/mol. The van der Waals surface area contributed by atoms with Gasteiger partial charge in [-0.05, 0) is 12.8 Å². The van der Waals surface area contributed by atoms with Crippen LogP contribution in [0, 0.1) is 0 Å². The normalized spacial score (nSPS) is 34.8. The summed E-state index contributed by atoms with van der Waals surface area (Å²) < 4.78 is 37.3. The molecule has 0 aromatic rings. The summed E-state index contributed by atoms with van der Waals surface area (Å²) in [6.45, 7) is 0.153. The Bertz CT molecular complexity index is 323. The Balaban J connectivity index is 2.18. The molecular formula is C9H13F3N2O3. The Morgan fingerprint density at radius 3 is 2.59 bits per heavy atom. The van der Waals surface area contributed by atoms with E-state index in [-0.39, 0.29) is 12.6 Å². The van der Waals surface area contributed by atoms with Crippen LogP contribution in [0.25, 0.3) is 0 Å². The van der Waals surface area contributed by atoms with E-state index in [1.807, 2.05) is 0 Å². The third kappa shape index (κ3) is 2.06. The van der Waals surface area contributed by atoms with Crippen molar-refractivity contribution < 1.29 is 28.2 Å². The first kappa shape index (κ1) is 12.4. The van der Waals surface area contributed by atoms with Gasteiger partial charge in [-0.15, -0.1) is 0 Å². The van der Waals surface area contributed by atoms with E-state index in [0.717, 1.165) is 4.90 Å². The van der Waals surface area contributed by atoms with Gasteiger partial charge in [-0.3, -0.25) is 4.90 Å². The van der Waals surface area contributed by atoms with Crippen LogP contribution >= 0.6 is 0 Å². The molecule has 0 radical (unpaired) electrons. The topological polar surface area (TPSA) is 72.8 Å². The highest BCUT2D eigenvalue weighted by Crippen LogP contribution is 2.34. The number of carboxylic acid groups (broad SMARTS) is 1. The molecule has 0 spiro atoms. The number of aliphatic hydroxyl groups is 1. The lowest BCUT2D eigenvalue weighted by molar-refractivity contribution is -0.217. The van der Waals surface area contributed by atoms with E-state index in [0.29, 0.717) is 12.8 Å². The Kier molecular flexibility index (Phi) is 2.94. The van der Waals surface area contributed by atoms with Crippen molar-refractivity contribution in [3.8, 4) is 0 Å². The first-order chi connectivity index (χ1) is 7.82. The minimum Gasteiger partial charge on any atom is -0.465 e. The van der Waals surface area contributed by atoms with Crippen LogP contribution in [0.4, 0.5) is 18.0 Å². The molecule has 0 aromatic heterocycles. The zero-order valence-corrected chi connectivity index (χ0v) is 8.81. The van der Waals surface area contributed by atoms with E-state index in [4.69, 9.17) is 5.11 Å². The molecule has 8 heteroatoms. The Morgan fingerprint density at radius 2 is 2.06 bits per heavy atom. The molecule has 98 valence electrons. The fourth-order valence-corrected chi connectivity index (χ4v) is 2.70. The van der Waals surface area contributed by atoms with Crippen molar-refractivity contribution >= 4 is 6.09 Å². The van der Waals surface area contributed by atoms with Gasteiger partial charge < -0.3 is 15.5 Å². The molecular weight excluding hydrogens is 241 g/mol. The van der Waals surface area contributed by atoms with E-state index < -0.39 is 30.5 Å². The number of alkyl halides is 3. The maximum absolute atomic E-state index is 12.4. The summed E-state index contributed by atoms with van der Waals surface area (Å²) in [6, 6.07) is -2.36. The highest BCUT2D eigenvalue weighted by Gasteiger charge is 2.53.